The van der Waals surface area contributed by atoms with Gasteiger partial charge in [-0.1, -0.05) is 18.6 Å². The van der Waals surface area contributed by atoms with Crippen molar-refractivity contribution in [1.82, 2.24) is 20.1 Å². The van der Waals surface area contributed by atoms with Crippen molar-refractivity contribution < 1.29 is 0 Å². The fourth-order valence-electron chi connectivity index (χ4n) is 4.22. The molecule has 1 aromatic carbocycles. The van der Waals surface area contributed by atoms with Crippen LogP contribution >= 0.6 is 0 Å². The fraction of sp³-hybridized carbons (Fsp3) is 0.318. The van der Waals surface area contributed by atoms with Crippen LogP contribution in [0.25, 0.3) is 22.4 Å². The summed E-state index contributed by atoms with van der Waals surface area (Å²) in [7, 11) is 0. The first kappa shape index (κ1) is 16.2. The fourth-order valence-corrected chi connectivity index (χ4v) is 4.22. The van der Waals surface area contributed by atoms with Crippen LogP contribution in [0.1, 0.15) is 30.5 Å². The molecule has 1 aliphatic heterocycles. The molecule has 1 fully saturated rings. The first-order chi connectivity index (χ1) is 13.3. The number of nitriles is 1. The summed E-state index contributed by atoms with van der Waals surface area (Å²) < 4.78 is 2.18. The molecule has 5 nitrogen and oxygen atoms in total. The Balaban J connectivity index is 1.64. The molecule has 0 unspecified atom stereocenters. The molecule has 1 aliphatic carbocycles. The van der Waals surface area contributed by atoms with Crippen molar-refractivity contribution in [2.75, 3.05) is 0 Å². The van der Waals surface area contributed by atoms with Crippen molar-refractivity contribution in [3.8, 4) is 28.5 Å². The number of hydrogen-bond acceptors (Lipinski definition) is 4. The Bertz CT molecular complexity index is 1010. The summed E-state index contributed by atoms with van der Waals surface area (Å²) in [4.78, 5) is 4.17. The van der Waals surface area contributed by atoms with Crippen molar-refractivity contribution in [2.45, 2.75) is 38.4 Å². The van der Waals surface area contributed by atoms with E-state index < -0.39 is 0 Å². The van der Waals surface area contributed by atoms with Crippen LogP contribution < -0.4 is 5.32 Å². The summed E-state index contributed by atoms with van der Waals surface area (Å²) in [6, 6.07) is 14.5. The van der Waals surface area contributed by atoms with Crippen LogP contribution in [-0.4, -0.2) is 20.8 Å². The molecule has 5 heteroatoms. The molecule has 3 heterocycles. The largest absolute Gasteiger partial charge is 0.306 e. The van der Waals surface area contributed by atoms with Gasteiger partial charge in [-0.15, -0.1) is 0 Å². The molecule has 0 spiro atoms. The second-order valence-electron chi connectivity index (χ2n) is 7.46. The van der Waals surface area contributed by atoms with Gasteiger partial charge in [-0.05, 0) is 48.6 Å². The van der Waals surface area contributed by atoms with Crippen LogP contribution in [-0.2, 0) is 13.1 Å². The quantitative estimate of drug-likeness (QED) is 0.777. The molecule has 27 heavy (non-hydrogen) atoms. The number of pyridine rings is 1. The van der Waals surface area contributed by atoms with Crippen LogP contribution in [0.3, 0.4) is 0 Å². The SMILES string of the molecule is N#Cc1cccc(-c2nn3c(c2-c2ccncc2)CN[C@@H](C2CCC2)C3)c1. The number of hydrogen-bond donors (Lipinski definition) is 1. The molecule has 0 saturated heterocycles. The lowest BCUT2D eigenvalue weighted by Gasteiger charge is -2.37. The first-order valence-corrected chi connectivity index (χ1v) is 9.57. The maximum Gasteiger partial charge on any atom is 0.101 e. The van der Waals surface area contributed by atoms with E-state index in [2.05, 4.69) is 21.1 Å². The van der Waals surface area contributed by atoms with E-state index in [9.17, 15) is 5.26 Å². The zero-order valence-corrected chi connectivity index (χ0v) is 15.1. The highest BCUT2D eigenvalue weighted by Gasteiger charge is 2.32. The lowest BCUT2D eigenvalue weighted by atomic mass is 9.79. The highest BCUT2D eigenvalue weighted by molar-refractivity contribution is 5.83. The molecule has 0 radical (unpaired) electrons. The molecule has 3 aromatic rings. The Hall–Kier alpha value is -2.97. The van der Waals surface area contributed by atoms with Gasteiger partial charge in [0, 0.05) is 36.1 Å². The van der Waals surface area contributed by atoms with Crippen LogP contribution in [0.15, 0.2) is 48.8 Å². The topological polar surface area (TPSA) is 66.5 Å². The standard InChI is InChI=1S/C22H21N5/c23-12-15-3-1-6-18(11-15)22-21(17-7-9-24-10-8-17)20-13-25-19(14-27(20)26-22)16-4-2-5-16/h1,3,6-11,16,19,25H,2,4-5,13-14H2/t19-/m1/s1. The third kappa shape index (κ3) is 2.83. The van der Waals surface area contributed by atoms with Crippen LogP contribution in [0.5, 0.6) is 0 Å². The first-order valence-electron chi connectivity index (χ1n) is 9.57. The number of nitrogens with one attached hydrogen (secondary N) is 1. The van der Waals surface area contributed by atoms with E-state index in [0.29, 0.717) is 11.6 Å². The maximum atomic E-state index is 9.29. The second kappa shape index (κ2) is 6.64. The highest BCUT2D eigenvalue weighted by atomic mass is 15.3. The van der Waals surface area contributed by atoms with Crippen molar-refractivity contribution >= 4 is 0 Å². The Kier molecular flexibility index (Phi) is 3.99. The van der Waals surface area contributed by atoms with Crippen LogP contribution in [0.4, 0.5) is 0 Å². The van der Waals surface area contributed by atoms with Gasteiger partial charge in [0.15, 0.2) is 0 Å². The summed E-state index contributed by atoms with van der Waals surface area (Å²) in [5.74, 6) is 0.775. The molecule has 1 N–H and O–H groups in total. The van der Waals surface area contributed by atoms with Crippen molar-refractivity contribution in [2.24, 2.45) is 5.92 Å². The van der Waals surface area contributed by atoms with Gasteiger partial charge in [0.05, 0.1) is 23.9 Å². The minimum absolute atomic E-state index is 0.509. The summed E-state index contributed by atoms with van der Waals surface area (Å²) in [6.07, 6.45) is 7.64. The number of fused-ring (bicyclic) bond motifs is 1. The van der Waals surface area contributed by atoms with E-state index in [-0.39, 0.29) is 0 Å². The Morgan fingerprint density at radius 2 is 1.96 bits per heavy atom. The molecule has 2 aromatic heterocycles. The van der Waals surface area contributed by atoms with Gasteiger partial charge in [-0.3, -0.25) is 9.67 Å². The lowest BCUT2D eigenvalue weighted by molar-refractivity contribution is 0.189. The smallest absolute Gasteiger partial charge is 0.101 e. The number of benzene rings is 1. The second-order valence-corrected chi connectivity index (χ2v) is 7.46. The van der Waals surface area contributed by atoms with Gasteiger partial charge in [-0.25, -0.2) is 0 Å². The molecule has 0 amide bonds. The summed E-state index contributed by atoms with van der Waals surface area (Å²) in [6.45, 7) is 1.74. The molecule has 1 saturated carbocycles. The summed E-state index contributed by atoms with van der Waals surface area (Å²) in [5.41, 5.74) is 6.07. The zero-order chi connectivity index (χ0) is 18.2. The number of aromatic nitrogens is 3. The Morgan fingerprint density at radius 3 is 2.70 bits per heavy atom. The highest BCUT2D eigenvalue weighted by Crippen LogP contribution is 2.38. The number of rotatable bonds is 3. The predicted octanol–water partition coefficient (Wildman–Crippen LogP) is 3.76. The summed E-state index contributed by atoms with van der Waals surface area (Å²) >= 11 is 0. The van der Waals surface area contributed by atoms with E-state index >= 15 is 0 Å². The maximum absolute atomic E-state index is 9.29. The minimum Gasteiger partial charge on any atom is -0.306 e. The Morgan fingerprint density at radius 1 is 1.11 bits per heavy atom. The van der Waals surface area contributed by atoms with E-state index in [0.717, 1.165) is 41.4 Å². The molecule has 5 rings (SSSR count). The van der Waals surface area contributed by atoms with Crippen LogP contribution in [0.2, 0.25) is 0 Å². The van der Waals surface area contributed by atoms with Gasteiger partial charge >= 0.3 is 0 Å². The van der Waals surface area contributed by atoms with Gasteiger partial charge in [-0.2, -0.15) is 10.4 Å². The van der Waals surface area contributed by atoms with Gasteiger partial charge in [0.1, 0.15) is 5.69 Å². The van der Waals surface area contributed by atoms with Crippen LogP contribution in [0, 0.1) is 17.2 Å². The molecule has 2 aliphatic rings. The normalized spacial score (nSPS) is 19.1. The molecule has 0 bridgehead atoms. The third-order valence-electron chi connectivity index (χ3n) is 5.91. The summed E-state index contributed by atoms with van der Waals surface area (Å²) in [5, 5.41) is 18.0. The van der Waals surface area contributed by atoms with Gasteiger partial charge in [0.25, 0.3) is 0 Å². The average Bonchev–Trinajstić information content (AvgIpc) is 3.06. The van der Waals surface area contributed by atoms with E-state index in [1.807, 2.05) is 48.8 Å². The third-order valence-corrected chi connectivity index (χ3v) is 5.91. The van der Waals surface area contributed by atoms with Gasteiger partial charge < -0.3 is 5.32 Å². The molecule has 134 valence electrons. The average molecular weight is 355 g/mol. The minimum atomic E-state index is 0.509. The lowest BCUT2D eigenvalue weighted by Crippen LogP contribution is -2.46. The Labute approximate surface area is 158 Å². The number of nitrogens with zero attached hydrogens (tertiary/aromatic N) is 4. The van der Waals surface area contributed by atoms with E-state index in [4.69, 9.17) is 5.10 Å². The van der Waals surface area contributed by atoms with Crippen molar-refractivity contribution in [1.29, 1.82) is 5.26 Å². The van der Waals surface area contributed by atoms with E-state index in [1.165, 1.54) is 25.0 Å². The molecular formula is C22H21N5. The zero-order valence-electron chi connectivity index (χ0n) is 15.1. The molecular weight excluding hydrogens is 334 g/mol. The predicted molar refractivity (Wildman–Crippen MR) is 104 cm³/mol. The molecule has 1 atom stereocenters. The van der Waals surface area contributed by atoms with Crippen molar-refractivity contribution in [3.63, 3.8) is 0 Å². The van der Waals surface area contributed by atoms with E-state index in [1.54, 1.807) is 0 Å². The van der Waals surface area contributed by atoms with Gasteiger partial charge in [0.2, 0.25) is 0 Å². The van der Waals surface area contributed by atoms with Crippen molar-refractivity contribution in [3.05, 3.63) is 60.0 Å². The monoisotopic (exact) mass is 355 g/mol.